The number of nitrogens with zero attached hydrogens (tertiary/aromatic N) is 1. The number of rotatable bonds is 7. The van der Waals surface area contributed by atoms with Gasteiger partial charge in [-0.25, -0.2) is 0 Å². The molecule has 4 nitrogen and oxygen atoms in total. The van der Waals surface area contributed by atoms with Crippen LogP contribution in [0.3, 0.4) is 0 Å². The average Bonchev–Trinajstić information content (AvgIpc) is 2.44. The maximum atomic E-state index is 12.0. The molecule has 0 radical (unpaired) electrons. The molecule has 1 unspecified atom stereocenters. The van der Waals surface area contributed by atoms with E-state index in [1.807, 2.05) is 37.4 Å². The van der Waals surface area contributed by atoms with E-state index in [2.05, 4.69) is 18.7 Å². The molecule has 1 aromatic carbocycles. The predicted molar refractivity (Wildman–Crippen MR) is 81.5 cm³/mol. The molecule has 1 atom stereocenters. The summed E-state index contributed by atoms with van der Waals surface area (Å²) < 4.78 is 4.93. The van der Waals surface area contributed by atoms with Crippen LogP contribution in [0.5, 0.6) is 0 Å². The largest absolute Gasteiger partial charge is 0.469 e. The summed E-state index contributed by atoms with van der Waals surface area (Å²) in [7, 11) is 3.44. The zero-order valence-electron chi connectivity index (χ0n) is 12.9. The number of carbonyl (C=O) groups excluding carboxylic acids is 1. The van der Waals surface area contributed by atoms with Gasteiger partial charge in [0, 0.05) is 13.1 Å². The lowest BCUT2D eigenvalue weighted by Crippen LogP contribution is -2.39. The number of hydrogen-bond donors (Lipinski definition) is 1. The molecule has 1 aromatic rings. The van der Waals surface area contributed by atoms with Crippen molar-refractivity contribution < 1.29 is 9.53 Å². The van der Waals surface area contributed by atoms with Crippen LogP contribution in [0, 0.1) is 5.41 Å². The van der Waals surface area contributed by atoms with Crippen molar-refractivity contribution in [2.75, 3.05) is 33.8 Å². The summed E-state index contributed by atoms with van der Waals surface area (Å²) in [6, 6.07) is 9.75. The topological polar surface area (TPSA) is 55.6 Å². The van der Waals surface area contributed by atoms with Gasteiger partial charge < -0.3 is 15.4 Å². The van der Waals surface area contributed by atoms with E-state index < -0.39 is 0 Å². The molecule has 0 saturated heterocycles. The van der Waals surface area contributed by atoms with Crippen LogP contribution in [-0.4, -0.2) is 44.7 Å². The molecule has 112 valence electrons. The molecule has 2 N–H and O–H groups in total. The van der Waals surface area contributed by atoms with Crippen LogP contribution in [0.1, 0.15) is 25.3 Å². The third-order valence-electron chi connectivity index (χ3n) is 3.43. The normalized spacial score (nSPS) is 13.3. The van der Waals surface area contributed by atoms with Gasteiger partial charge in [-0.1, -0.05) is 44.2 Å². The fraction of sp³-hybridized carbons (Fsp3) is 0.562. The number of hydrogen-bond acceptors (Lipinski definition) is 4. The molecule has 20 heavy (non-hydrogen) atoms. The Morgan fingerprint density at radius 2 is 1.95 bits per heavy atom. The van der Waals surface area contributed by atoms with Crippen molar-refractivity contribution in [2.45, 2.75) is 19.8 Å². The summed E-state index contributed by atoms with van der Waals surface area (Å²) >= 11 is 0. The van der Waals surface area contributed by atoms with Crippen molar-refractivity contribution in [1.29, 1.82) is 0 Å². The molecule has 0 bridgehead atoms. The zero-order valence-corrected chi connectivity index (χ0v) is 12.9. The third-order valence-corrected chi connectivity index (χ3v) is 3.43. The lowest BCUT2D eigenvalue weighted by atomic mass is 9.92. The van der Waals surface area contributed by atoms with E-state index in [0.29, 0.717) is 13.1 Å². The first-order chi connectivity index (χ1) is 9.39. The fourth-order valence-corrected chi connectivity index (χ4v) is 2.32. The Labute approximate surface area is 121 Å². The number of esters is 1. The number of nitrogens with two attached hydrogens (primary N) is 1. The Hall–Kier alpha value is -1.39. The SMILES string of the molecule is COC(=O)C(CN(C)CC(C)(C)CN)c1ccccc1. The van der Waals surface area contributed by atoms with Crippen LogP contribution in [0.2, 0.25) is 0 Å². The maximum Gasteiger partial charge on any atom is 0.314 e. The van der Waals surface area contributed by atoms with Gasteiger partial charge in [0.15, 0.2) is 0 Å². The summed E-state index contributed by atoms with van der Waals surface area (Å²) in [5, 5.41) is 0. The van der Waals surface area contributed by atoms with E-state index in [9.17, 15) is 4.79 Å². The second-order valence-electron chi connectivity index (χ2n) is 6.05. The molecular weight excluding hydrogens is 252 g/mol. The summed E-state index contributed by atoms with van der Waals surface area (Å²) in [5.74, 6) is -0.464. The van der Waals surface area contributed by atoms with Crippen LogP contribution in [0.25, 0.3) is 0 Å². The fourth-order valence-electron chi connectivity index (χ4n) is 2.32. The quantitative estimate of drug-likeness (QED) is 0.774. The summed E-state index contributed by atoms with van der Waals surface area (Å²) in [5.41, 5.74) is 6.78. The molecule has 0 spiro atoms. The molecule has 0 aliphatic carbocycles. The number of carbonyl (C=O) groups is 1. The van der Waals surface area contributed by atoms with Gasteiger partial charge in [-0.15, -0.1) is 0 Å². The Kier molecular flexibility index (Phi) is 6.17. The standard InChI is InChI=1S/C16H26N2O2/c1-16(2,11-17)12-18(3)10-14(15(19)20-4)13-8-6-5-7-9-13/h5-9,14H,10-12,17H2,1-4H3. The number of methoxy groups -OCH3 is 1. The van der Waals surface area contributed by atoms with Crippen molar-refractivity contribution in [1.82, 2.24) is 4.90 Å². The van der Waals surface area contributed by atoms with E-state index >= 15 is 0 Å². The molecular formula is C16H26N2O2. The summed E-state index contributed by atoms with van der Waals surface area (Å²) in [6.07, 6.45) is 0. The summed E-state index contributed by atoms with van der Waals surface area (Å²) in [6.45, 7) is 6.33. The van der Waals surface area contributed by atoms with Crippen molar-refractivity contribution in [3.63, 3.8) is 0 Å². The predicted octanol–water partition coefficient (Wildman–Crippen LogP) is 1.86. The number of ether oxygens (including phenoxy) is 1. The van der Waals surface area contributed by atoms with Gasteiger partial charge in [-0.3, -0.25) is 4.79 Å². The molecule has 1 rings (SSSR count). The van der Waals surface area contributed by atoms with Crippen LogP contribution >= 0.6 is 0 Å². The Balaban J connectivity index is 2.79. The molecule has 0 saturated carbocycles. The minimum absolute atomic E-state index is 0.0338. The minimum Gasteiger partial charge on any atom is -0.469 e. The van der Waals surface area contributed by atoms with E-state index in [0.717, 1.165) is 12.1 Å². The lowest BCUT2D eigenvalue weighted by Gasteiger charge is -2.31. The maximum absolute atomic E-state index is 12.0. The monoisotopic (exact) mass is 278 g/mol. The second-order valence-corrected chi connectivity index (χ2v) is 6.05. The first kappa shape index (κ1) is 16.7. The van der Waals surface area contributed by atoms with Crippen molar-refractivity contribution in [3.8, 4) is 0 Å². The van der Waals surface area contributed by atoms with Crippen LogP contribution in [0.15, 0.2) is 30.3 Å². The molecule has 4 heteroatoms. The van der Waals surface area contributed by atoms with E-state index in [4.69, 9.17) is 10.5 Å². The number of benzene rings is 1. The molecule has 0 fully saturated rings. The van der Waals surface area contributed by atoms with E-state index in [-0.39, 0.29) is 17.3 Å². The van der Waals surface area contributed by atoms with Crippen LogP contribution in [0.4, 0.5) is 0 Å². The molecule has 0 aliphatic rings. The second kappa shape index (κ2) is 7.41. The Bertz CT molecular complexity index is 418. The highest BCUT2D eigenvalue weighted by Gasteiger charge is 2.25. The lowest BCUT2D eigenvalue weighted by molar-refractivity contribution is -0.143. The molecule has 0 amide bonds. The van der Waals surface area contributed by atoms with Crippen molar-refractivity contribution >= 4 is 5.97 Å². The van der Waals surface area contributed by atoms with Gasteiger partial charge in [-0.2, -0.15) is 0 Å². The third kappa shape index (κ3) is 4.94. The van der Waals surface area contributed by atoms with Gasteiger partial charge in [0.25, 0.3) is 0 Å². The highest BCUT2D eigenvalue weighted by Crippen LogP contribution is 2.21. The van der Waals surface area contributed by atoms with Gasteiger partial charge in [-0.05, 0) is 24.6 Å². The molecule has 0 aliphatic heterocycles. The van der Waals surface area contributed by atoms with Gasteiger partial charge in [0.05, 0.1) is 13.0 Å². The van der Waals surface area contributed by atoms with Gasteiger partial charge in [0.1, 0.15) is 0 Å². The van der Waals surface area contributed by atoms with E-state index in [1.54, 1.807) is 0 Å². The molecule has 0 heterocycles. The Morgan fingerprint density at radius 3 is 2.45 bits per heavy atom. The first-order valence-corrected chi connectivity index (χ1v) is 6.91. The zero-order chi connectivity index (χ0) is 15.2. The van der Waals surface area contributed by atoms with Gasteiger partial charge >= 0.3 is 5.97 Å². The van der Waals surface area contributed by atoms with Gasteiger partial charge in [0.2, 0.25) is 0 Å². The average molecular weight is 278 g/mol. The van der Waals surface area contributed by atoms with Crippen molar-refractivity contribution in [2.24, 2.45) is 11.1 Å². The molecule has 0 aromatic heterocycles. The number of likely N-dealkylation sites (N-methyl/N-ethyl adjacent to an activating group) is 1. The first-order valence-electron chi connectivity index (χ1n) is 6.91. The highest BCUT2D eigenvalue weighted by molar-refractivity contribution is 5.78. The van der Waals surface area contributed by atoms with Crippen LogP contribution < -0.4 is 5.73 Å². The Morgan fingerprint density at radius 1 is 1.35 bits per heavy atom. The van der Waals surface area contributed by atoms with E-state index in [1.165, 1.54) is 7.11 Å². The van der Waals surface area contributed by atoms with Crippen molar-refractivity contribution in [3.05, 3.63) is 35.9 Å². The highest BCUT2D eigenvalue weighted by atomic mass is 16.5. The minimum atomic E-state index is -0.264. The summed E-state index contributed by atoms with van der Waals surface area (Å²) in [4.78, 5) is 14.1. The smallest absolute Gasteiger partial charge is 0.314 e. The van der Waals surface area contributed by atoms with Crippen LogP contribution in [-0.2, 0) is 9.53 Å².